The molecule has 0 radical (unpaired) electrons. The lowest BCUT2D eigenvalue weighted by molar-refractivity contribution is -0.121. The van der Waals surface area contributed by atoms with Crippen molar-refractivity contribution < 1.29 is 14.3 Å². The van der Waals surface area contributed by atoms with Gasteiger partial charge in [0.25, 0.3) is 0 Å². The van der Waals surface area contributed by atoms with Crippen LogP contribution in [0.1, 0.15) is 30.5 Å². The molecule has 0 aromatic heterocycles. The fraction of sp³-hybridized carbons (Fsp3) is 0.278. The molecule has 3 rings (SSSR count). The maximum atomic E-state index is 12.1. The molecule has 1 aliphatic heterocycles. The molecular weight excluding hydrogens is 278 g/mol. The van der Waals surface area contributed by atoms with Crippen LogP contribution in [-0.4, -0.2) is 12.7 Å². The van der Waals surface area contributed by atoms with Gasteiger partial charge < -0.3 is 14.8 Å². The largest absolute Gasteiger partial charge is 0.454 e. The van der Waals surface area contributed by atoms with Crippen LogP contribution < -0.4 is 14.8 Å². The highest BCUT2D eigenvalue weighted by molar-refractivity contribution is 5.76. The maximum absolute atomic E-state index is 12.1. The monoisotopic (exact) mass is 297 g/mol. The van der Waals surface area contributed by atoms with Gasteiger partial charge in [0.1, 0.15) is 0 Å². The number of hydrogen-bond acceptors (Lipinski definition) is 3. The number of benzene rings is 2. The van der Waals surface area contributed by atoms with E-state index in [2.05, 4.69) is 5.32 Å². The summed E-state index contributed by atoms with van der Waals surface area (Å²) in [6.45, 7) is 2.27. The number of carbonyl (C=O) groups excluding carboxylic acids is 1. The molecule has 0 spiro atoms. The summed E-state index contributed by atoms with van der Waals surface area (Å²) in [7, 11) is 0. The summed E-state index contributed by atoms with van der Waals surface area (Å²) in [6, 6.07) is 15.8. The predicted octanol–water partition coefficient (Wildman–Crippen LogP) is 3.23. The molecule has 0 unspecified atom stereocenters. The van der Waals surface area contributed by atoms with Crippen LogP contribution in [0.3, 0.4) is 0 Å². The third-order valence-electron chi connectivity index (χ3n) is 3.75. The lowest BCUT2D eigenvalue weighted by Gasteiger charge is -2.14. The van der Waals surface area contributed by atoms with Crippen LogP contribution in [0.25, 0.3) is 0 Å². The smallest absolute Gasteiger partial charge is 0.231 e. The second-order valence-electron chi connectivity index (χ2n) is 5.39. The Morgan fingerprint density at radius 3 is 2.73 bits per heavy atom. The highest BCUT2D eigenvalue weighted by Gasteiger charge is 2.14. The normalized spacial score (nSPS) is 13.7. The van der Waals surface area contributed by atoms with Crippen LogP contribution in [0.5, 0.6) is 11.5 Å². The van der Waals surface area contributed by atoms with E-state index in [0.29, 0.717) is 12.8 Å². The van der Waals surface area contributed by atoms with Crippen LogP contribution >= 0.6 is 0 Å². The molecule has 1 heterocycles. The molecule has 0 saturated carbocycles. The Morgan fingerprint density at radius 1 is 1.14 bits per heavy atom. The Balaban J connectivity index is 1.52. The molecule has 4 nitrogen and oxygen atoms in total. The summed E-state index contributed by atoms with van der Waals surface area (Å²) in [5.41, 5.74) is 2.19. The number of ether oxygens (including phenoxy) is 2. The van der Waals surface area contributed by atoms with Gasteiger partial charge >= 0.3 is 0 Å². The number of fused-ring (bicyclic) bond motifs is 1. The third-order valence-corrected chi connectivity index (χ3v) is 3.75. The standard InChI is InChI=1S/C18H19NO3/c1-13(15-5-3-2-4-6-15)19-18(20)10-8-14-7-9-16-17(11-14)22-12-21-16/h2-7,9,11,13H,8,10,12H2,1H3,(H,19,20)/t13-/m0/s1. The molecule has 0 fully saturated rings. The Kier molecular flexibility index (Phi) is 4.28. The molecule has 22 heavy (non-hydrogen) atoms. The summed E-state index contributed by atoms with van der Waals surface area (Å²) in [4.78, 5) is 12.1. The van der Waals surface area contributed by atoms with E-state index in [1.165, 1.54) is 0 Å². The van der Waals surface area contributed by atoms with Gasteiger partial charge in [-0.1, -0.05) is 36.4 Å². The topological polar surface area (TPSA) is 47.6 Å². The van der Waals surface area contributed by atoms with E-state index < -0.39 is 0 Å². The predicted molar refractivity (Wildman–Crippen MR) is 83.9 cm³/mol. The second-order valence-corrected chi connectivity index (χ2v) is 5.39. The van der Waals surface area contributed by atoms with Crippen LogP contribution in [0.15, 0.2) is 48.5 Å². The van der Waals surface area contributed by atoms with Crippen molar-refractivity contribution in [3.05, 3.63) is 59.7 Å². The zero-order valence-corrected chi connectivity index (χ0v) is 12.5. The third kappa shape index (κ3) is 3.39. The number of carbonyl (C=O) groups is 1. The number of nitrogens with one attached hydrogen (secondary N) is 1. The Labute approximate surface area is 130 Å². The zero-order chi connectivity index (χ0) is 15.4. The van der Waals surface area contributed by atoms with Gasteiger partial charge in [-0.25, -0.2) is 0 Å². The number of amides is 1. The van der Waals surface area contributed by atoms with E-state index in [4.69, 9.17) is 9.47 Å². The lowest BCUT2D eigenvalue weighted by Crippen LogP contribution is -2.26. The summed E-state index contributed by atoms with van der Waals surface area (Å²) >= 11 is 0. The van der Waals surface area contributed by atoms with E-state index in [-0.39, 0.29) is 18.7 Å². The maximum Gasteiger partial charge on any atom is 0.231 e. The molecule has 4 heteroatoms. The molecule has 2 aromatic rings. The van der Waals surface area contributed by atoms with Crippen LogP contribution in [-0.2, 0) is 11.2 Å². The average molecular weight is 297 g/mol. The van der Waals surface area contributed by atoms with Crippen molar-refractivity contribution in [2.45, 2.75) is 25.8 Å². The fourth-order valence-electron chi connectivity index (χ4n) is 2.49. The molecule has 1 amide bonds. The van der Waals surface area contributed by atoms with Crippen molar-refractivity contribution in [2.24, 2.45) is 0 Å². The first-order valence-corrected chi connectivity index (χ1v) is 7.45. The van der Waals surface area contributed by atoms with Crippen molar-refractivity contribution in [2.75, 3.05) is 6.79 Å². The summed E-state index contributed by atoms with van der Waals surface area (Å²) in [5, 5.41) is 3.02. The van der Waals surface area contributed by atoms with Crippen LogP contribution in [0, 0.1) is 0 Å². The zero-order valence-electron chi connectivity index (χ0n) is 12.5. The SMILES string of the molecule is C[C@H](NC(=O)CCc1ccc2c(c1)OCO2)c1ccccc1. The molecule has 0 aliphatic carbocycles. The molecule has 0 saturated heterocycles. The van der Waals surface area contributed by atoms with E-state index in [9.17, 15) is 4.79 Å². The molecular formula is C18H19NO3. The highest BCUT2D eigenvalue weighted by atomic mass is 16.7. The van der Waals surface area contributed by atoms with Gasteiger partial charge in [0.2, 0.25) is 12.7 Å². The van der Waals surface area contributed by atoms with Gasteiger partial charge in [0, 0.05) is 6.42 Å². The van der Waals surface area contributed by atoms with Gasteiger partial charge in [-0.15, -0.1) is 0 Å². The Morgan fingerprint density at radius 2 is 1.91 bits per heavy atom. The molecule has 1 N–H and O–H groups in total. The van der Waals surface area contributed by atoms with Crippen LogP contribution in [0.4, 0.5) is 0 Å². The van der Waals surface area contributed by atoms with Crippen molar-refractivity contribution in [1.82, 2.24) is 5.32 Å². The van der Waals surface area contributed by atoms with Crippen molar-refractivity contribution in [3.63, 3.8) is 0 Å². The molecule has 2 aromatic carbocycles. The molecule has 114 valence electrons. The van der Waals surface area contributed by atoms with Gasteiger partial charge in [0.05, 0.1) is 6.04 Å². The van der Waals surface area contributed by atoms with E-state index in [1.807, 2.05) is 55.5 Å². The van der Waals surface area contributed by atoms with Gasteiger partial charge in [0.15, 0.2) is 11.5 Å². The minimum absolute atomic E-state index is 0.0189. The first-order chi connectivity index (χ1) is 10.7. The average Bonchev–Trinajstić information content (AvgIpc) is 3.01. The number of rotatable bonds is 5. The van der Waals surface area contributed by atoms with Crippen molar-refractivity contribution in [1.29, 1.82) is 0 Å². The number of hydrogen-bond donors (Lipinski definition) is 1. The molecule has 1 atom stereocenters. The quantitative estimate of drug-likeness (QED) is 0.921. The Hall–Kier alpha value is -2.49. The Bertz CT molecular complexity index is 655. The van der Waals surface area contributed by atoms with E-state index in [1.54, 1.807) is 0 Å². The van der Waals surface area contributed by atoms with E-state index >= 15 is 0 Å². The first-order valence-electron chi connectivity index (χ1n) is 7.45. The van der Waals surface area contributed by atoms with Gasteiger partial charge in [-0.05, 0) is 36.6 Å². The number of aryl methyl sites for hydroxylation is 1. The van der Waals surface area contributed by atoms with Crippen molar-refractivity contribution in [3.8, 4) is 11.5 Å². The van der Waals surface area contributed by atoms with Crippen molar-refractivity contribution >= 4 is 5.91 Å². The lowest BCUT2D eigenvalue weighted by atomic mass is 10.1. The fourth-order valence-corrected chi connectivity index (χ4v) is 2.49. The first kappa shape index (κ1) is 14.4. The van der Waals surface area contributed by atoms with Gasteiger partial charge in [-0.3, -0.25) is 4.79 Å². The highest BCUT2D eigenvalue weighted by Crippen LogP contribution is 2.32. The van der Waals surface area contributed by atoms with Crippen LogP contribution in [0.2, 0.25) is 0 Å². The van der Waals surface area contributed by atoms with Gasteiger partial charge in [-0.2, -0.15) is 0 Å². The summed E-state index contributed by atoms with van der Waals surface area (Å²) in [5.74, 6) is 1.58. The summed E-state index contributed by atoms with van der Waals surface area (Å²) < 4.78 is 10.6. The van der Waals surface area contributed by atoms with E-state index in [0.717, 1.165) is 22.6 Å². The minimum atomic E-state index is 0.0189. The molecule has 1 aliphatic rings. The summed E-state index contributed by atoms with van der Waals surface area (Å²) in [6.07, 6.45) is 1.14. The second kappa shape index (κ2) is 6.52. The molecule has 0 bridgehead atoms. The minimum Gasteiger partial charge on any atom is -0.454 e.